The van der Waals surface area contributed by atoms with Crippen LogP contribution in [-0.4, -0.2) is 11.7 Å². The Morgan fingerprint density at radius 2 is 2.12 bits per heavy atom. The average molecular weight is 238 g/mol. The fraction of sp³-hybridized carbons (Fsp3) is 0.462. The van der Waals surface area contributed by atoms with E-state index in [2.05, 4.69) is 5.32 Å². The molecule has 1 amide bonds. The van der Waals surface area contributed by atoms with Crippen molar-refractivity contribution in [2.24, 2.45) is 0 Å². The van der Waals surface area contributed by atoms with E-state index in [0.29, 0.717) is 6.54 Å². The van der Waals surface area contributed by atoms with E-state index in [1.54, 1.807) is 0 Å². The van der Waals surface area contributed by atoms with Gasteiger partial charge in [-0.25, -0.2) is 4.79 Å². The molecule has 0 radical (unpaired) electrons. The molecule has 0 aromatic heterocycles. The van der Waals surface area contributed by atoms with Crippen molar-refractivity contribution in [1.29, 1.82) is 0 Å². The summed E-state index contributed by atoms with van der Waals surface area (Å²) in [5, 5.41) is 2.70. The topological polar surface area (TPSA) is 64.3 Å². The quantitative estimate of drug-likeness (QED) is 0.779. The molecule has 96 valence electrons. The number of carbonyl (C=O) groups excluding carboxylic acids is 1. The van der Waals surface area contributed by atoms with Gasteiger partial charge in [-0.2, -0.15) is 0 Å². The van der Waals surface area contributed by atoms with Crippen molar-refractivity contribution in [3.8, 4) is 0 Å². The number of nitrogens with one attached hydrogen (secondary N) is 1. The minimum atomic E-state index is -0.471. The van der Waals surface area contributed by atoms with Crippen LogP contribution in [0.25, 0.3) is 0 Å². The summed E-state index contributed by atoms with van der Waals surface area (Å²) in [4.78, 5) is 11.4. The van der Waals surface area contributed by atoms with Gasteiger partial charge in [0.2, 0.25) is 0 Å². The number of hydrogen-bond donors (Lipinski definition) is 2. The number of carbonyl (C=O) groups is 1. The van der Waals surface area contributed by atoms with Crippen LogP contribution in [-0.2, 0) is 11.3 Å². The van der Waals surface area contributed by atoms with Crippen LogP contribution < -0.4 is 11.1 Å². The lowest BCUT2D eigenvalue weighted by Gasteiger charge is -2.19. The summed E-state index contributed by atoms with van der Waals surface area (Å²) in [6, 6.07) is 5.67. The summed E-state index contributed by atoms with van der Waals surface area (Å²) in [5.41, 5.74) is 8.01. The third-order valence-electron chi connectivity index (χ3n) is 2.17. The highest BCUT2D eigenvalue weighted by atomic mass is 16.6. The van der Waals surface area contributed by atoms with Gasteiger partial charge in [0.15, 0.2) is 0 Å². The van der Waals surface area contributed by atoms with Gasteiger partial charge in [0.25, 0.3) is 0 Å². The zero-order chi connectivity index (χ0) is 13.1. The third kappa shape index (κ3) is 4.76. The van der Waals surface area contributed by atoms with Gasteiger partial charge in [0.05, 0.1) is 0 Å². The second-order valence-electron chi connectivity index (χ2n) is 5.05. The second kappa shape index (κ2) is 5.08. The Kier molecular flexibility index (Phi) is 3.99. The molecule has 0 aliphatic carbocycles. The van der Waals surface area contributed by atoms with Crippen molar-refractivity contribution in [3.05, 3.63) is 29.3 Å². The van der Waals surface area contributed by atoms with E-state index in [1.807, 2.05) is 45.9 Å². The fourth-order valence-corrected chi connectivity index (χ4v) is 1.34. The van der Waals surface area contributed by atoms with E-state index in [0.717, 1.165) is 16.8 Å². The van der Waals surface area contributed by atoms with Crippen molar-refractivity contribution >= 4 is 11.8 Å². The molecule has 0 spiro atoms. The van der Waals surface area contributed by atoms with Crippen molar-refractivity contribution < 1.29 is 11.0 Å². The lowest BCUT2D eigenvalue weighted by atomic mass is 10.1. The molecule has 0 aliphatic rings. The molecule has 0 heterocycles. The number of aryl methyl sites for hydroxylation is 1. The van der Waals surface area contributed by atoms with Gasteiger partial charge < -0.3 is 15.8 Å². The molecule has 1 aromatic rings. The SMILES string of the molecule is Cc1cc(CNC(=O)OC(C)(C)C)ccc1N.[HH]. The van der Waals surface area contributed by atoms with Crippen LogP contribution in [0, 0.1) is 6.92 Å². The number of rotatable bonds is 2. The van der Waals surface area contributed by atoms with Crippen molar-refractivity contribution in [2.75, 3.05) is 5.73 Å². The number of alkyl carbamates (subject to hydrolysis) is 1. The first-order chi connectivity index (χ1) is 7.78. The third-order valence-corrected chi connectivity index (χ3v) is 2.17. The summed E-state index contributed by atoms with van der Waals surface area (Å²) in [5.74, 6) is 0. The number of benzene rings is 1. The molecule has 0 fully saturated rings. The van der Waals surface area contributed by atoms with Gasteiger partial charge in [-0.3, -0.25) is 0 Å². The molecule has 0 saturated heterocycles. The van der Waals surface area contributed by atoms with E-state index in [4.69, 9.17) is 10.5 Å². The maximum Gasteiger partial charge on any atom is 0.407 e. The average Bonchev–Trinajstić information content (AvgIpc) is 2.17. The zero-order valence-electron chi connectivity index (χ0n) is 10.8. The molecule has 1 rings (SSSR count). The number of nitrogens with two attached hydrogens (primary N) is 1. The minimum absolute atomic E-state index is 0. The summed E-state index contributed by atoms with van der Waals surface area (Å²) in [6.45, 7) is 7.88. The molecule has 1 aromatic carbocycles. The lowest BCUT2D eigenvalue weighted by Crippen LogP contribution is -2.32. The Labute approximate surface area is 104 Å². The van der Waals surface area contributed by atoms with Crippen LogP contribution in [0.5, 0.6) is 0 Å². The standard InChI is InChI=1S/C13H20N2O2.H2/c1-9-7-10(5-6-11(9)14)8-15-12(16)17-13(2,3)4;/h5-7H,8,14H2,1-4H3,(H,15,16);1H. The molecule has 0 bridgehead atoms. The van der Waals surface area contributed by atoms with Crippen LogP contribution in [0.1, 0.15) is 33.3 Å². The number of amides is 1. The van der Waals surface area contributed by atoms with Crippen molar-refractivity contribution in [3.63, 3.8) is 0 Å². The Morgan fingerprint density at radius 3 is 2.65 bits per heavy atom. The normalized spacial score (nSPS) is 11.1. The zero-order valence-corrected chi connectivity index (χ0v) is 10.8. The Morgan fingerprint density at radius 1 is 1.47 bits per heavy atom. The van der Waals surface area contributed by atoms with Crippen LogP contribution in [0.4, 0.5) is 10.5 Å². The van der Waals surface area contributed by atoms with E-state index < -0.39 is 11.7 Å². The Balaban J connectivity index is 0.00000289. The molecule has 3 N–H and O–H groups in total. The van der Waals surface area contributed by atoms with E-state index >= 15 is 0 Å². The molecular weight excluding hydrogens is 216 g/mol. The van der Waals surface area contributed by atoms with E-state index in [-0.39, 0.29) is 1.43 Å². The molecule has 4 nitrogen and oxygen atoms in total. The van der Waals surface area contributed by atoms with Crippen molar-refractivity contribution in [1.82, 2.24) is 5.32 Å². The molecule has 4 heteroatoms. The molecule has 0 saturated carbocycles. The van der Waals surface area contributed by atoms with Crippen LogP contribution >= 0.6 is 0 Å². The van der Waals surface area contributed by atoms with Crippen LogP contribution in [0.3, 0.4) is 0 Å². The first-order valence-corrected chi connectivity index (χ1v) is 5.60. The number of ether oxygens (including phenoxy) is 1. The van der Waals surface area contributed by atoms with Crippen LogP contribution in [0.15, 0.2) is 18.2 Å². The van der Waals surface area contributed by atoms with Gasteiger partial charge >= 0.3 is 6.09 Å². The van der Waals surface area contributed by atoms with Crippen LogP contribution in [0.2, 0.25) is 0 Å². The van der Waals surface area contributed by atoms with Gasteiger partial charge in [0.1, 0.15) is 5.60 Å². The monoisotopic (exact) mass is 238 g/mol. The molecular formula is C13H22N2O2. The maximum absolute atomic E-state index is 11.4. The highest BCUT2D eigenvalue weighted by Gasteiger charge is 2.15. The Bertz CT molecular complexity index is 414. The predicted molar refractivity (Wildman–Crippen MR) is 70.8 cm³/mol. The highest BCUT2D eigenvalue weighted by molar-refractivity contribution is 5.67. The van der Waals surface area contributed by atoms with Gasteiger partial charge in [0, 0.05) is 13.7 Å². The Hall–Kier alpha value is -1.71. The second-order valence-corrected chi connectivity index (χ2v) is 5.05. The number of nitrogen functional groups attached to an aromatic ring is 1. The largest absolute Gasteiger partial charge is 0.444 e. The molecule has 0 atom stereocenters. The summed E-state index contributed by atoms with van der Waals surface area (Å²) >= 11 is 0. The highest BCUT2D eigenvalue weighted by Crippen LogP contribution is 2.12. The fourth-order valence-electron chi connectivity index (χ4n) is 1.34. The van der Waals surface area contributed by atoms with E-state index in [1.165, 1.54) is 0 Å². The van der Waals surface area contributed by atoms with Gasteiger partial charge in [-0.05, 0) is 44.9 Å². The molecule has 0 aliphatic heterocycles. The minimum Gasteiger partial charge on any atom is -0.444 e. The summed E-state index contributed by atoms with van der Waals surface area (Å²) < 4.78 is 5.14. The first kappa shape index (κ1) is 13.4. The molecule has 17 heavy (non-hydrogen) atoms. The molecule has 0 unspecified atom stereocenters. The summed E-state index contributed by atoms with van der Waals surface area (Å²) in [7, 11) is 0. The van der Waals surface area contributed by atoms with Gasteiger partial charge in [-0.1, -0.05) is 12.1 Å². The van der Waals surface area contributed by atoms with Gasteiger partial charge in [-0.15, -0.1) is 0 Å². The number of anilines is 1. The first-order valence-electron chi connectivity index (χ1n) is 5.60. The number of hydrogen-bond acceptors (Lipinski definition) is 3. The predicted octanol–water partition coefficient (Wildman–Crippen LogP) is 2.85. The summed E-state index contributed by atoms with van der Waals surface area (Å²) in [6.07, 6.45) is -0.410. The lowest BCUT2D eigenvalue weighted by molar-refractivity contribution is 0.0523. The maximum atomic E-state index is 11.4. The van der Waals surface area contributed by atoms with Crippen molar-refractivity contribution in [2.45, 2.75) is 39.8 Å². The smallest absolute Gasteiger partial charge is 0.407 e. The van der Waals surface area contributed by atoms with E-state index in [9.17, 15) is 4.79 Å².